The Morgan fingerprint density at radius 2 is 1.61 bits per heavy atom. The van der Waals surface area contributed by atoms with E-state index in [2.05, 4.69) is 74.1 Å². The van der Waals surface area contributed by atoms with Crippen LogP contribution in [0, 0.1) is 12.7 Å². The van der Waals surface area contributed by atoms with Gasteiger partial charge < -0.3 is 0 Å². The second kappa shape index (κ2) is 8.91. The number of hydrogen-bond acceptors (Lipinski definition) is 3. The normalized spacial score (nSPS) is 11.6. The van der Waals surface area contributed by atoms with Crippen molar-refractivity contribution in [3.05, 3.63) is 75.9 Å². The fourth-order valence-electron chi connectivity index (χ4n) is 3.34. The third-order valence-corrected chi connectivity index (χ3v) is 5.79. The summed E-state index contributed by atoms with van der Waals surface area (Å²) in [5.41, 5.74) is 5.78. The second-order valence-electron chi connectivity index (χ2n) is 7.89. The highest BCUT2D eigenvalue weighted by molar-refractivity contribution is 7.98. The minimum Gasteiger partial charge on any atom is -0.262 e. The molecule has 3 nitrogen and oxygen atoms in total. The molecule has 0 bridgehead atoms. The summed E-state index contributed by atoms with van der Waals surface area (Å²) in [5.74, 6) is 2.00. The van der Waals surface area contributed by atoms with Crippen LogP contribution in [0.2, 0.25) is 0 Å². The van der Waals surface area contributed by atoms with Crippen LogP contribution in [0.3, 0.4) is 0 Å². The quantitative estimate of drug-likeness (QED) is 0.470. The van der Waals surface area contributed by atoms with Crippen molar-refractivity contribution in [3.63, 3.8) is 0 Å². The van der Waals surface area contributed by atoms with Crippen LogP contribution in [0.25, 0.3) is 0 Å². The zero-order valence-corrected chi connectivity index (χ0v) is 18.0. The standard InChI is InChI=1S/C23H28FN3S/c1-14(2)19-10-18(24)11-20(15(3)4)21(19)12-22-25-23(27-26-22)28-13-17-8-6-16(5)7-9-17/h6-11,14-15H,12-13H2,1-5H3,(H,25,26,27). The van der Waals surface area contributed by atoms with Crippen LogP contribution in [0.5, 0.6) is 0 Å². The van der Waals surface area contributed by atoms with Crippen LogP contribution in [0.4, 0.5) is 4.39 Å². The van der Waals surface area contributed by atoms with Crippen molar-refractivity contribution in [2.24, 2.45) is 0 Å². The van der Waals surface area contributed by atoms with Gasteiger partial charge in [-0.05, 0) is 53.1 Å². The maximum absolute atomic E-state index is 14.1. The molecule has 0 saturated heterocycles. The van der Waals surface area contributed by atoms with Gasteiger partial charge in [0.2, 0.25) is 5.16 Å². The number of nitrogens with zero attached hydrogens (tertiary/aromatic N) is 2. The molecule has 3 rings (SSSR count). The monoisotopic (exact) mass is 397 g/mol. The summed E-state index contributed by atoms with van der Waals surface area (Å²) in [6.45, 7) is 10.5. The van der Waals surface area contributed by atoms with E-state index in [1.165, 1.54) is 11.1 Å². The van der Waals surface area contributed by atoms with Crippen molar-refractivity contribution in [1.29, 1.82) is 0 Å². The SMILES string of the molecule is Cc1ccc(CSc2n[nH]c(Cc3c(C(C)C)cc(F)cc3C(C)C)n2)cc1. The summed E-state index contributed by atoms with van der Waals surface area (Å²) in [6, 6.07) is 11.8. The molecular weight excluding hydrogens is 369 g/mol. The number of H-pyrrole nitrogens is 1. The van der Waals surface area contributed by atoms with Crippen LogP contribution in [-0.4, -0.2) is 15.2 Å². The molecule has 0 saturated carbocycles. The number of aryl methyl sites for hydroxylation is 1. The van der Waals surface area contributed by atoms with Crippen LogP contribution in [-0.2, 0) is 12.2 Å². The summed E-state index contributed by atoms with van der Waals surface area (Å²) >= 11 is 1.62. The highest BCUT2D eigenvalue weighted by atomic mass is 32.2. The first-order valence-electron chi connectivity index (χ1n) is 9.75. The summed E-state index contributed by atoms with van der Waals surface area (Å²) in [5, 5.41) is 8.18. The Hall–Kier alpha value is -2.14. The fraction of sp³-hybridized carbons (Fsp3) is 0.391. The molecule has 148 valence electrons. The number of hydrogen-bond donors (Lipinski definition) is 1. The highest BCUT2D eigenvalue weighted by Crippen LogP contribution is 2.31. The van der Waals surface area contributed by atoms with Crippen molar-refractivity contribution in [3.8, 4) is 0 Å². The van der Waals surface area contributed by atoms with Gasteiger partial charge in [-0.3, -0.25) is 5.10 Å². The molecule has 0 radical (unpaired) electrons. The lowest BCUT2D eigenvalue weighted by Crippen LogP contribution is -2.06. The number of aromatic nitrogens is 3. The van der Waals surface area contributed by atoms with Gasteiger partial charge in [-0.1, -0.05) is 69.3 Å². The van der Waals surface area contributed by atoms with E-state index in [-0.39, 0.29) is 17.7 Å². The molecule has 0 amide bonds. The van der Waals surface area contributed by atoms with Gasteiger partial charge in [0.15, 0.2) is 0 Å². The molecule has 1 aromatic heterocycles. The maximum Gasteiger partial charge on any atom is 0.208 e. The van der Waals surface area contributed by atoms with E-state index >= 15 is 0 Å². The van der Waals surface area contributed by atoms with E-state index in [4.69, 9.17) is 0 Å². The Morgan fingerprint density at radius 3 is 2.18 bits per heavy atom. The molecule has 1 N–H and O–H groups in total. The van der Waals surface area contributed by atoms with Gasteiger partial charge in [-0.2, -0.15) is 0 Å². The van der Waals surface area contributed by atoms with E-state index in [0.29, 0.717) is 6.42 Å². The molecular formula is C23H28FN3S. The second-order valence-corrected chi connectivity index (χ2v) is 8.83. The molecule has 0 fully saturated rings. The van der Waals surface area contributed by atoms with Gasteiger partial charge >= 0.3 is 0 Å². The average molecular weight is 398 g/mol. The molecule has 2 aromatic carbocycles. The third kappa shape index (κ3) is 5.02. The Labute approximate surface area is 171 Å². The van der Waals surface area contributed by atoms with Crippen LogP contribution < -0.4 is 0 Å². The molecule has 0 unspecified atom stereocenters. The number of thioether (sulfide) groups is 1. The zero-order valence-electron chi connectivity index (χ0n) is 17.2. The summed E-state index contributed by atoms with van der Waals surface area (Å²) < 4.78 is 14.1. The van der Waals surface area contributed by atoms with Gasteiger partial charge in [0, 0.05) is 12.2 Å². The smallest absolute Gasteiger partial charge is 0.208 e. The Morgan fingerprint density at radius 1 is 1.00 bits per heavy atom. The largest absolute Gasteiger partial charge is 0.262 e. The first kappa shape index (κ1) is 20.6. The van der Waals surface area contributed by atoms with Gasteiger partial charge in [0.1, 0.15) is 11.6 Å². The molecule has 28 heavy (non-hydrogen) atoms. The van der Waals surface area contributed by atoms with Crippen molar-refractivity contribution in [2.75, 3.05) is 0 Å². The van der Waals surface area contributed by atoms with Gasteiger partial charge in [-0.15, -0.1) is 5.10 Å². The average Bonchev–Trinajstić information content (AvgIpc) is 3.09. The van der Waals surface area contributed by atoms with Gasteiger partial charge in [0.05, 0.1) is 0 Å². The molecule has 0 aliphatic heterocycles. The molecule has 0 aliphatic carbocycles. The Bertz CT molecular complexity index is 900. The lowest BCUT2D eigenvalue weighted by molar-refractivity contribution is 0.615. The van der Waals surface area contributed by atoms with Crippen LogP contribution in [0.15, 0.2) is 41.6 Å². The van der Waals surface area contributed by atoms with Crippen LogP contribution >= 0.6 is 11.8 Å². The van der Waals surface area contributed by atoms with Crippen molar-refractivity contribution in [1.82, 2.24) is 15.2 Å². The first-order chi connectivity index (χ1) is 13.3. The fourth-order valence-corrected chi connectivity index (χ4v) is 4.11. The molecule has 0 spiro atoms. The number of aromatic amines is 1. The van der Waals surface area contributed by atoms with Gasteiger partial charge in [-0.25, -0.2) is 9.37 Å². The number of halogens is 1. The maximum atomic E-state index is 14.1. The lowest BCUT2D eigenvalue weighted by Gasteiger charge is -2.19. The van der Waals surface area contributed by atoms with Crippen molar-refractivity contribution in [2.45, 2.75) is 63.8 Å². The van der Waals surface area contributed by atoms with Crippen molar-refractivity contribution >= 4 is 11.8 Å². The number of benzene rings is 2. The minimum absolute atomic E-state index is 0.164. The molecule has 5 heteroatoms. The predicted octanol–water partition coefficient (Wildman–Crippen LogP) is 6.38. The van der Waals surface area contributed by atoms with E-state index in [1.807, 2.05) is 0 Å². The first-order valence-corrected chi connectivity index (χ1v) is 10.7. The van der Waals surface area contributed by atoms with Crippen LogP contribution in [0.1, 0.15) is 73.2 Å². The third-order valence-electron chi connectivity index (χ3n) is 4.87. The predicted molar refractivity (Wildman–Crippen MR) is 115 cm³/mol. The van der Waals surface area contributed by atoms with E-state index in [9.17, 15) is 4.39 Å². The summed E-state index contributed by atoms with van der Waals surface area (Å²) in [7, 11) is 0. The highest BCUT2D eigenvalue weighted by Gasteiger charge is 2.18. The topological polar surface area (TPSA) is 41.6 Å². The molecule has 0 atom stereocenters. The molecule has 0 aliphatic rings. The number of nitrogens with one attached hydrogen (secondary N) is 1. The summed E-state index contributed by atoms with van der Waals surface area (Å²) in [4.78, 5) is 4.66. The molecule has 3 aromatic rings. The summed E-state index contributed by atoms with van der Waals surface area (Å²) in [6.07, 6.45) is 0.638. The zero-order chi connectivity index (χ0) is 20.3. The van der Waals surface area contributed by atoms with E-state index in [1.54, 1.807) is 23.9 Å². The minimum atomic E-state index is -0.164. The number of rotatable bonds is 7. The lowest BCUT2D eigenvalue weighted by atomic mass is 9.87. The van der Waals surface area contributed by atoms with Gasteiger partial charge in [0.25, 0.3) is 0 Å². The van der Waals surface area contributed by atoms with E-state index < -0.39 is 0 Å². The van der Waals surface area contributed by atoms with Crippen molar-refractivity contribution < 1.29 is 4.39 Å². The van der Waals surface area contributed by atoms with E-state index in [0.717, 1.165) is 33.4 Å². The Kier molecular flexibility index (Phi) is 6.55. The Balaban J connectivity index is 1.78. The molecule has 1 heterocycles.